The van der Waals surface area contributed by atoms with E-state index in [1.807, 2.05) is 4.98 Å². The van der Waals surface area contributed by atoms with E-state index in [-0.39, 0.29) is 105 Å². The van der Waals surface area contributed by atoms with Crippen molar-refractivity contribution in [1.29, 1.82) is 0 Å². The summed E-state index contributed by atoms with van der Waals surface area (Å²) in [7, 11) is -18.5. The number of anilines is 3. The number of hydrogen-bond acceptors (Lipinski definition) is 22. The largest absolute Gasteiger partial charge is 1.00 e. The van der Waals surface area contributed by atoms with E-state index in [1.54, 1.807) is 54.6 Å². The predicted octanol–water partition coefficient (Wildman–Crippen LogP) is -13.9. The second kappa shape index (κ2) is 22.4. The van der Waals surface area contributed by atoms with Crippen molar-refractivity contribution >= 4 is 63.7 Å². The number of carbonyl (C=O) groups excluding carboxylic acids is 1. The van der Waals surface area contributed by atoms with Crippen molar-refractivity contribution in [2.75, 3.05) is 36.5 Å². The first-order chi connectivity index (χ1) is 29.1. The van der Waals surface area contributed by atoms with Crippen molar-refractivity contribution in [1.82, 2.24) is 14.9 Å². The average Bonchev–Trinajstić information content (AvgIpc) is 3.60. The molecule has 0 aliphatic carbocycles. The molecular formula is C34H29Li4N6O18P3S. The summed E-state index contributed by atoms with van der Waals surface area (Å²) in [6.45, 7) is -1.26. The van der Waals surface area contributed by atoms with Crippen molar-refractivity contribution in [3.8, 4) is 23.3 Å². The summed E-state index contributed by atoms with van der Waals surface area (Å²) in [4.78, 5) is 85.2. The Morgan fingerprint density at radius 3 is 2.09 bits per heavy atom. The number of H-pyrrole nitrogens is 1. The Balaban J connectivity index is 0.00000289. The monoisotopic (exact) mass is 962 g/mol. The van der Waals surface area contributed by atoms with E-state index in [2.05, 4.69) is 35.6 Å². The molecule has 2 unspecified atom stereocenters. The molecule has 328 valence electrons. The Labute approximate surface area is 426 Å². The summed E-state index contributed by atoms with van der Waals surface area (Å²) >= 11 is 5.47. The summed E-state index contributed by atoms with van der Waals surface area (Å²) in [5.74, 6) is 5.38. The Morgan fingerprint density at radius 2 is 1.48 bits per heavy atom. The van der Waals surface area contributed by atoms with E-state index in [0.29, 0.717) is 49.8 Å². The van der Waals surface area contributed by atoms with Gasteiger partial charge >= 0.3 is 87.1 Å². The maximum Gasteiger partial charge on any atom is 1.00 e. The second-order valence-electron chi connectivity index (χ2n) is 13.5. The van der Waals surface area contributed by atoms with Crippen LogP contribution < -0.4 is 133 Å². The Morgan fingerprint density at radius 1 is 0.879 bits per heavy atom. The molecule has 7 rings (SSSR count). The van der Waals surface area contributed by atoms with E-state index >= 15 is 0 Å². The smallest absolute Gasteiger partial charge is 0.790 e. The zero-order valence-corrected chi connectivity index (χ0v) is 38.5. The summed E-state index contributed by atoms with van der Waals surface area (Å²) in [5.41, 5.74) is 11.6. The van der Waals surface area contributed by atoms with Crippen LogP contribution in [0.4, 0.5) is 17.1 Å². The zero-order valence-electron chi connectivity index (χ0n) is 35.0. The number of aromatic nitrogens is 2. The zero-order chi connectivity index (χ0) is 44.9. The Hall–Kier alpha value is -2.70. The number of nitrogen functional groups attached to an aromatic ring is 2. The molecule has 9 N–H and O–H groups in total. The fourth-order valence-corrected chi connectivity index (χ4v) is 9.82. The van der Waals surface area contributed by atoms with Crippen molar-refractivity contribution < 1.29 is 151 Å². The minimum Gasteiger partial charge on any atom is -0.790 e. The van der Waals surface area contributed by atoms with Gasteiger partial charge in [-0.3, -0.25) is 33.1 Å². The molecule has 3 aliphatic heterocycles. The van der Waals surface area contributed by atoms with Crippen LogP contribution >= 0.6 is 35.7 Å². The van der Waals surface area contributed by atoms with Crippen molar-refractivity contribution in [3.63, 3.8) is 0 Å². The van der Waals surface area contributed by atoms with Crippen LogP contribution in [0.3, 0.4) is 0 Å². The first-order valence-electron chi connectivity index (χ1n) is 17.5. The number of aromatic amines is 1. The van der Waals surface area contributed by atoms with E-state index in [4.69, 9.17) is 37.9 Å². The number of nitrogens with one attached hydrogen (secondary N) is 3. The number of nitrogens with zero attached hydrogens (tertiary/aromatic N) is 1. The number of fused-ring (bicyclic) bond motifs is 6. The maximum atomic E-state index is 13.5. The number of phosphoric acid groups is 3. The number of ether oxygens (including phenoxy) is 3. The van der Waals surface area contributed by atoms with Gasteiger partial charge in [-0.15, -0.1) is 0 Å². The van der Waals surface area contributed by atoms with Gasteiger partial charge in [0, 0.05) is 58.6 Å². The van der Waals surface area contributed by atoms with E-state index in [9.17, 15) is 57.9 Å². The number of rotatable bonds is 12. The first kappa shape index (κ1) is 57.6. The molecular weight excluding hydrogens is 933 g/mol. The second-order valence-corrected chi connectivity index (χ2v) is 18.2. The fraction of sp³-hybridized carbons (Fsp3) is 0.235. The molecule has 1 fully saturated rings. The van der Waals surface area contributed by atoms with Gasteiger partial charge in [0.25, 0.3) is 21.2 Å². The van der Waals surface area contributed by atoms with Gasteiger partial charge in [0.05, 0.1) is 31.5 Å². The summed E-state index contributed by atoms with van der Waals surface area (Å²) in [5, 5.41) is 26.9. The molecule has 3 aliphatic rings. The molecule has 1 spiro atoms. The summed E-state index contributed by atoms with van der Waals surface area (Å²) in [6, 6.07) is 15.1. The minimum absolute atomic E-state index is 0. The summed E-state index contributed by atoms with van der Waals surface area (Å²) in [6.07, 6.45) is -6.65. The molecule has 3 aromatic carbocycles. The number of phosphoric ester groups is 1. The van der Waals surface area contributed by atoms with Crippen LogP contribution in [0.15, 0.2) is 70.4 Å². The molecule has 0 saturated carbocycles. The molecule has 0 amide bonds. The molecule has 66 heavy (non-hydrogen) atoms. The van der Waals surface area contributed by atoms with Crippen LogP contribution in [-0.2, 0) is 41.9 Å². The minimum atomic E-state index is -6.28. The van der Waals surface area contributed by atoms with Gasteiger partial charge in [0.15, 0.2) is 11.8 Å². The normalized spacial score (nSPS) is 20.2. The van der Waals surface area contributed by atoms with Crippen LogP contribution in [0.2, 0.25) is 0 Å². The van der Waals surface area contributed by atoms with Crippen molar-refractivity contribution in [2.45, 2.75) is 30.1 Å². The molecule has 4 aromatic rings. The SMILES string of the molecule is Nc1ccc2c(c1)Oc1cc(N)ccc1C21OC(=O)c2cc(NC(=S)CNCC#Cc3cn([C@@H]4O[C@H](COP(=O)([O-])OP(=O)([O-])OP(=O)([O-])[O-])[C@@H](O)[C@H]4O)c(=O)[nH]c3=O)ccc21.[Li+].[Li+].[Li+].[Li+]. The fourth-order valence-electron chi connectivity index (χ4n) is 6.73. The molecule has 32 heteroatoms. The van der Waals surface area contributed by atoms with Gasteiger partial charge in [-0.2, -0.15) is 0 Å². The third-order valence-electron chi connectivity index (χ3n) is 9.24. The number of nitrogens with two attached hydrogens (primary N) is 2. The van der Waals surface area contributed by atoms with Gasteiger partial charge in [0.2, 0.25) is 0 Å². The molecule has 1 saturated heterocycles. The Kier molecular flexibility index (Phi) is 19.5. The first-order valence-corrected chi connectivity index (χ1v) is 22.3. The van der Waals surface area contributed by atoms with Gasteiger partial charge in [-0.1, -0.05) is 30.1 Å². The maximum absolute atomic E-state index is 13.5. The number of carbonyl (C=O) groups is 1. The summed E-state index contributed by atoms with van der Waals surface area (Å²) < 4.78 is 62.8. The van der Waals surface area contributed by atoms with Crippen LogP contribution in [0.5, 0.6) is 11.5 Å². The number of hydrogen-bond donors (Lipinski definition) is 7. The van der Waals surface area contributed by atoms with Crippen molar-refractivity contribution in [3.05, 3.63) is 109 Å². The topological polar surface area (TPSA) is 387 Å². The van der Waals surface area contributed by atoms with Crippen LogP contribution in [0.1, 0.15) is 38.8 Å². The van der Waals surface area contributed by atoms with Gasteiger partial charge < -0.3 is 69.9 Å². The van der Waals surface area contributed by atoms with Crippen LogP contribution in [-0.4, -0.2) is 68.7 Å². The molecule has 4 heterocycles. The van der Waals surface area contributed by atoms with Gasteiger partial charge in [-0.25, -0.2) is 13.9 Å². The standard InChI is InChI=1S/C34H33N6O18P3S.4Li/c35-17-3-6-22-24(10-17)54-25-11-18(36)4-7-23(25)34(22)21-8-5-19(12-20(21)32(44)56-34)38-27(62)13-37-9-1-2-16-14-40(33(45)39-30(16)43)31-29(42)28(41)26(55-31)15-53-60(49,50)58-61(51,52)57-59(46,47)48;;;;/h3-8,10-12,14,26,28-29,31,37,41-42H,9,13,15,35-36H2,(H,38,62)(H,49,50)(H,51,52)(H,39,43,45)(H2,46,47,48);;;;/q;4*+1/p-4/t26-,28-,29-,31-;;;;/m1..../s1. The number of aliphatic hydroxyl groups is 2. The predicted molar refractivity (Wildman–Crippen MR) is 208 cm³/mol. The van der Waals surface area contributed by atoms with E-state index in [0.717, 1.165) is 6.20 Å². The third-order valence-corrected chi connectivity index (χ3v) is 13.1. The molecule has 0 bridgehead atoms. The Bertz CT molecular complexity index is 2810. The van der Waals surface area contributed by atoms with Gasteiger partial charge in [0.1, 0.15) is 35.4 Å². The van der Waals surface area contributed by atoms with E-state index < -0.39 is 77.4 Å². The third kappa shape index (κ3) is 12.5. The van der Waals surface area contributed by atoms with E-state index in [1.165, 1.54) is 0 Å². The van der Waals surface area contributed by atoms with Crippen LogP contribution in [0, 0.1) is 11.8 Å². The molecule has 0 radical (unpaired) electrons. The van der Waals surface area contributed by atoms with Crippen molar-refractivity contribution in [2.24, 2.45) is 0 Å². The number of esters is 1. The number of aliphatic hydroxyl groups excluding tert-OH is 2. The average molecular weight is 962 g/mol. The number of benzene rings is 3. The molecule has 24 nitrogen and oxygen atoms in total. The van der Waals surface area contributed by atoms with Crippen LogP contribution in [0.25, 0.3) is 0 Å². The van der Waals surface area contributed by atoms with Gasteiger partial charge in [-0.05, 0) is 36.4 Å². The quantitative estimate of drug-likeness (QED) is 0.0132. The molecule has 1 aromatic heterocycles. The molecule has 6 atom stereocenters. The number of thiocarbonyl (C=S) groups is 1.